The number of benzene rings is 1. The fourth-order valence-corrected chi connectivity index (χ4v) is 3.34. The minimum Gasteiger partial charge on any atom is -0.378 e. The second kappa shape index (κ2) is 8.58. The monoisotopic (exact) mass is 410 g/mol. The second-order valence-electron chi connectivity index (χ2n) is 7.25. The highest BCUT2D eigenvalue weighted by atomic mass is 19.1. The summed E-state index contributed by atoms with van der Waals surface area (Å²) in [5, 5.41) is 9.45. The molecular formula is C21H23FN6O2. The number of H-pyrrole nitrogens is 1. The average molecular weight is 410 g/mol. The highest BCUT2D eigenvalue weighted by Gasteiger charge is 2.20. The van der Waals surface area contributed by atoms with Gasteiger partial charge < -0.3 is 15.0 Å². The van der Waals surface area contributed by atoms with E-state index < -0.39 is 0 Å². The van der Waals surface area contributed by atoms with Gasteiger partial charge in [-0.05, 0) is 43.7 Å². The number of hydrogen-bond donors (Lipinski definition) is 2. The van der Waals surface area contributed by atoms with Crippen molar-refractivity contribution in [1.29, 1.82) is 0 Å². The molecule has 9 heteroatoms. The Hall–Kier alpha value is -3.33. The lowest BCUT2D eigenvalue weighted by Gasteiger charge is -2.28. The number of amides is 1. The largest absolute Gasteiger partial charge is 0.378 e. The van der Waals surface area contributed by atoms with Crippen LogP contribution in [0.2, 0.25) is 0 Å². The Bertz CT molecular complexity index is 1030. The standard InChI is InChI=1S/C21H23FN6O2/c1-13-3-4-16(17(22)9-13)18-10-15(11-19(26-18)28-5-7-30-8-6-28)21(29)25-14(2)20-23-12-24-27-20/h3-4,9-12,14H,5-8H2,1-2H3,(H,25,29)(H,23,24,27). The van der Waals surface area contributed by atoms with E-state index in [1.165, 1.54) is 12.4 Å². The van der Waals surface area contributed by atoms with E-state index in [4.69, 9.17) is 4.74 Å². The van der Waals surface area contributed by atoms with Gasteiger partial charge in [0.2, 0.25) is 0 Å². The number of halogens is 1. The third-order valence-electron chi connectivity index (χ3n) is 5.00. The van der Waals surface area contributed by atoms with E-state index >= 15 is 0 Å². The van der Waals surface area contributed by atoms with Crippen molar-refractivity contribution < 1.29 is 13.9 Å². The lowest BCUT2D eigenvalue weighted by Crippen LogP contribution is -2.37. The number of nitrogens with zero attached hydrogens (tertiary/aromatic N) is 4. The fraction of sp³-hybridized carbons (Fsp3) is 0.333. The highest BCUT2D eigenvalue weighted by Crippen LogP contribution is 2.27. The molecular weight excluding hydrogens is 387 g/mol. The van der Waals surface area contributed by atoms with Gasteiger partial charge in [-0.1, -0.05) is 6.07 Å². The van der Waals surface area contributed by atoms with Gasteiger partial charge in [0.15, 0.2) is 0 Å². The van der Waals surface area contributed by atoms with E-state index in [0.717, 1.165) is 5.56 Å². The molecule has 0 saturated carbocycles. The van der Waals surface area contributed by atoms with Crippen LogP contribution in [-0.2, 0) is 4.74 Å². The summed E-state index contributed by atoms with van der Waals surface area (Å²) in [5.41, 5.74) is 1.98. The van der Waals surface area contributed by atoms with Crippen LogP contribution < -0.4 is 10.2 Å². The number of aromatic nitrogens is 4. The van der Waals surface area contributed by atoms with Crippen molar-refractivity contribution in [2.24, 2.45) is 0 Å². The maximum Gasteiger partial charge on any atom is 0.252 e. The first-order chi connectivity index (χ1) is 14.5. The van der Waals surface area contributed by atoms with Gasteiger partial charge in [-0.2, -0.15) is 5.10 Å². The topological polar surface area (TPSA) is 96.0 Å². The van der Waals surface area contributed by atoms with Gasteiger partial charge in [0.05, 0.1) is 24.9 Å². The van der Waals surface area contributed by atoms with Crippen molar-refractivity contribution in [3.63, 3.8) is 0 Å². The lowest BCUT2D eigenvalue weighted by atomic mass is 10.1. The molecule has 1 amide bonds. The molecule has 1 unspecified atom stereocenters. The van der Waals surface area contributed by atoms with Crippen molar-refractivity contribution in [3.05, 3.63) is 59.4 Å². The van der Waals surface area contributed by atoms with E-state index in [0.29, 0.717) is 54.8 Å². The van der Waals surface area contributed by atoms with Crippen molar-refractivity contribution in [2.45, 2.75) is 19.9 Å². The van der Waals surface area contributed by atoms with Crippen molar-refractivity contribution in [2.75, 3.05) is 31.2 Å². The van der Waals surface area contributed by atoms with Crippen LogP contribution >= 0.6 is 0 Å². The summed E-state index contributed by atoms with van der Waals surface area (Å²) in [6, 6.07) is 7.95. The van der Waals surface area contributed by atoms with Gasteiger partial charge in [0.1, 0.15) is 23.8 Å². The summed E-state index contributed by atoms with van der Waals surface area (Å²) in [6.45, 7) is 6.10. The number of aryl methyl sites for hydroxylation is 1. The fourth-order valence-electron chi connectivity index (χ4n) is 3.34. The molecule has 2 N–H and O–H groups in total. The van der Waals surface area contributed by atoms with Crippen LogP contribution in [0.3, 0.4) is 0 Å². The van der Waals surface area contributed by atoms with Crippen LogP contribution in [0.5, 0.6) is 0 Å². The quantitative estimate of drug-likeness (QED) is 0.671. The Morgan fingerprint density at radius 1 is 1.27 bits per heavy atom. The Morgan fingerprint density at radius 3 is 2.77 bits per heavy atom. The summed E-state index contributed by atoms with van der Waals surface area (Å²) < 4.78 is 20.1. The van der Waals surface area contributed by atoms with Gasteiger partial charge in [-0.25, -0.2) is 14.4 Å². The molecule has 1 aliphatic rings. The normalized spacial score (nSPS) is 15.1. The maximum atomic E-state index is 14.6. The highest BCUT2D eigenvalue weighted by molar-refractivity contribution is 5.96. The molecule has 0 spiro atoms. The molecule has 30 heavy (non-hydrogen) atoms. The van der Waals surface area contributed by atoms with Gasteiger partial charge in [-0.3, -0.25) is 9.89 Å². The van der Waals surface area contributed by atoms with Crippen LogP contribution in [0.15, 0.2) is 36.7 Å². The maximum absolute atomic E-state index is 14.6. The van der Waals surface area contributed by atoms with Gasteiger partial charge in [0, 0.05) is 24.2 Å². The van der Waals surface area contributed by atoms with Crippen molar-refractivity contribution >= 4 is 11.7 Å². The molecule has 1 fully saturated rings. The van der Waals surface area contributed by atoms with Crippen molar-refractivity contribution in [3.8, 4) is 11.3 Å². The summed E-state index contributed by atoms with van der Waals surface area (Å²) in [5.74, 6) is 0.497. The number of hydrogen-bond acceptors (Lipinski definition) is 6. The molecule has 0 radical (unpaired) electrons. The number of nitrogens with one attached hydrogen (secondary N) is 2. The number of anilines is 1. The smallest absolute Gasteiger partial charge is 0.252 e. The third kappa shape index (κ3) is 4.30. The molecule has 3 aromatic rings. The molecule has 156 valence electrons. The van der Waals surface area contributed by atoms with E-state index in [9.17, 15) is 9.18 Å². The molecule has 1 saturated heterocycles. The molecule has 4 rings (SSSR count). The Morgan fingerprint density at radius 2 is 2.07 bits per heavy atom. The van der Waals surface area contributed by atoms with Gasteiger partial charge in [-0.15, -0.1) is 0 Å². The van der Waals surface area contributed by atoms with E-state index in [-0.39, 0.29) is 17.8 Å². The zero-order chi connectivity index (χ0) is 21.1. The number of pyridine rings is 1. The van der Waals surface area contributed by atoms with Crippen LogP contribution in [0.25, 0.3) is 11.3 Å². The zero-order valence-corrected chi connectivity index (χ0v) is 16.9. The number of carbonyl (C=O) groups excluding carboxylic acids is 1. The van der Waals surface area contributed by atoms with Crippen LogP contribution in [-0.4, -0.2) is 52.4 Å². The zero-order valence-electron chi connectivity index (χ0n) is 16.9. The summed E-state index contributed by atoms with van der Waals surface area (Å²) in [4.78, 5) is 23.7. The van der Waals surface area contributed by atoms with Gasteiger partial charge in [0.25, 0.3) is 5.91 Å². The summed E-state index contributed by atoms with van der Waals surface area (Å²) in [6.07, 6.45) is 1.39. The first-order valence-corrected chi connectivity index (χ1v) is 9.78. The minimum atomic E-state index is -0.372. The molecule has 2 aromatic heterocycles. The van der Waals surface area contributed by atoms with Crippen LogP contribution in [0.1, 0.15) is 34.7 Å². The molecule has 1 aliphatic heterocycles. The molecule has 1 atom stereocenters. The molecule has 8 nitrogen and oxygen atoms in total. The summed E-state index contributed by atoms with van der Waals surface area (Å²) >= 11 is 0. The Labute approximate surface area is 173 Å². The predicted molar refractivity (Wildman–Crippen MR) is 110 cm³/mol. The van der Waals surface area contributed by atoms with Crippen LogP contribution in [0, 0.1) is 12.7 Å². The Kier molecular flexibility index (Phi) is 5.71. The van der Waals surface area contributed by atoms with E-state index in [1.807, 2.05) is 24.8 Å². The third-order valence-corrected chi connectivity index (χ3v) is 5.00. The first-order valence-electron chi connectivity index (χ1n) is 9.78. The first kappa shape index (κ1) is 20.0. The number of morpholine rings is 1. The second-order valence-corrected chi connectivity index (χ2v) is 7.25. The molecule has 0 aliphatic carbocycles. The number of carbonyl (C=O) groups is 1. The van der Waals surface area contributed by atoms with E-state index in [1.54, 1.807) is 18.2 Å². The minimum absolute atomic E-state index is 0.301. The van der Waals surface area contributed by atoms with Gasteiger partial charge >= 0.3 is 0 Å². The SMILES string of the molecule is Cc1ccc(-c2cc(C(=O)NC(C)c3ncn[nH]3)cc(N3CCOCC3)n2)c(F)c1. The molecule has 1 aromatic carbocycles. The van der Waals surface area contributed by atoms with Crippen molar-refractivity contribution in [1.82, 2.24) is 25.5 Å². The number of aromatic amines is 1. The van der Waals surface area contributed by atoms with Crippen LogP contribution in [0.4, 0.5) is 10.2 Å². The predicted octanol–water partition coefficient (Wildman–Crippen LogP) is 2.64. The molecule has 0 bridgehead atoms. The lowest BCUT2D eigenvalue weighted by molar-refractivity contribution is 0.0938. The van der Waals surface area contributed by atoms with E-state index in [2.05, 4.69) is 25.5 Å². The summed E-state index contributed by atoms with van der Waals surface area (Å²) in [7, 11) is 0. The molecule has 3 heterocycles. The number of rotatable bonds is 5. The average Bonchev–Trinajstić information content (AvgIpc) is 3.29. The Balaban J connectivity index is 1.70. The number of ether oxygens (including phenoxy) is 1.